The zero-order valence-electron chi connectivity index (χ0n) is 13.6. The summed E-state index contributed by atoms with van der Waals surface area (Å²) in [6.45, 7) is 6.80. The van der Waals surface area contributed by atoms with E-state index in [1.807, 2.05) is 26.0 Å². The Balaban J connectivity index is 0.00000288. The Morgan fingerprint density at radius 3 is 2.71 bits per heavy atom. The number of guanidine groups is 1. The second-order valence-electron chi connectivity index (χ2n) is 4.96. The van der Waals surface area contributed by atoms with E-state index in [0.29, 0.717) is 34.3 Å². The molecule has 132 valence electrons. The van der Waals surface area contributed by atoms with Crippen molar-refractivity contribution < 1.29 is 4.52 Å². The third-order valence-corrected chi connectivity index (χ3v) is 3.64. The lowest BCUT2D eigenvalue weighted by atomic mass is 10.1. The Bertz CT molecular complexity index is 692. The van der Waals surface area contributed by atoms with Crippen molar-refractivity contribution >= 4 is 53.1 Å². The summed E-state index contributed by atoms with van der Waals surface area (Å²) in [7, 11) is 0. The first-order chi connectivity index (χ1) is 11.0. The van der Waals surface area contributed by atoms with E-state index < -0.39 is 0 Å². The molecule has 0 fully saturated rings. The summed E-state index contributed by atoms with van der Waals surface area (Å²) >= 11 is 12.2. The van der Waals surface area contributed by atoms with Crippen molar-refractivity contribution in [2.45, 2.75) is 33.4 Å². The van der Waals surface area contributed by atoms with Crippen LogP contribution in [0.2, 0.25) is 10.0 Å². The minimum atomic E-state index is -0.0374. The fourth-order valence-electron chi connectivity index (χ4n) is 2.01. The van der Waals surface area contributed by atoms with Crippen molar-refractivity contribution in [2.75, 3.05) is 6.54 Å². The number of hydrogen-bond acceptors (Lipinski definition) is 4. The molecular formula is C15H20Cl2IN5O. The summed E-state index contributed by atoms with van der Waals surface area (Å²) in [5, 5.41) is 11.5. The van der Waals surface area contributed by atoms with Crippen LogP contribution in [0, 0.1) is 6.92 Å². The summed E-state index contributed by atoms with van der Waals surface area (Å²) in [6, 6.07) is 5.40. The molecule has 6 nitrogen and oxygen atoms in total. The fraction of sp³-hybridized carbons (Fsp3) is 0.400. The summed E-state index contributed by atoms with van der Waals surface area (Å²) in [4.78, 5) is 8.58. The summed E-state index contributed by atoms with van der Waals surface area (Å²) in [5.74, 6) is 1.71. The van der Waals surface area contributed by atoms with Crippen LogP contribution < -0.4 is 10.6 Å². The molecular weight excluding hydrogens is 464 g/mol. The Morgan fingerprint density at radius 2 is 2.12 bits per heavy atom. The number of halogens is 3. The SMILES string of the molecule is CCNC(=NCc1noc(C)n1)NC(C)c1ccc(Cl)cc1Cl.I. The van der Waals surface area contributed by atoms with Crippen molar-refractivity contribution in [3.05, 3.63) is 45.5 Å². The van der Waals surface area contributed by atoms with Crippen LogP contribution in [0.25, 0.3) is 0 Å². The highest BCUT2D eigenvalue weighted by Crippen LogP contribution is 2.25. The fourth-order valence-corrected chi connectivity index (χ4v) is 2.58. The van der Waals surface area contributed by atoms with E-state index in [9.17, 15) is 0 Å². The average molecular weight is 484 g/mol. The molecule has 0 aliphatic carbocycles. The van der Waals surface area contributed by atoms with Gasteiger partial charge in [0.2, 0.25) is 5.89 Å². The van der Waals surface area contributed by atoms with E-state index in [0.717, 1.165) is 12.1 Å². The Labute approximate surface area is 168 Å². The van der Waals surface area contributed by atoms with Gasteiger partial charge in [-0.3, -0.25) is 0 Å². The first kappa shape index (κ1) is 21.0. The van der Waals surface area contributed by atoms with Gasteiger partial charge in [-0.1, -0.05) is 34.4 Å². The lowest BCUT2D eigenvalue weighted by Gasteiger charge is -2.19. The largest absolute Gasteiger partial charge is 0.357 e. The Kier molecular flexibility index (Phi) is 8.79. The van der Waals surface area contributed by atoms with E-state index >= 15 is 0 Å². The summed E-state index contributed by atoms with van der Waals surface area (Å²) in [6.07, 6.45) is 0. The van der Waals surface area contributed by atoms with Crippen LogP contribution in [-0.2, 0) is 6.54 Å². The summed E-state index contributed by atoms with van der Waals surface area (Å²) in [5.41, 5.74) is 0.942. The second kappa shape index (κ2) is 10.0. The Morgan fingerprint density at radius 1 is 1.38 bits per heavy atom. The Hall–Kier alpha value is -1.06. The van der Waals surface area contributed by atoms with Gasteiger partial charge in [-0.2, -0.15) is 4.98 Å². The number of aliphatic imine (C=N–C) groups is 1. The molecule has 0 spiro atoms. The first-order valence-corrected chi connectivity index (χ1v) is 8.04. The van der Waals surface area contributed by atoms with Gasteiger partial charge in [0, 0.05) is 23.5 Å². The van der Waals surface area contributed by atoms with Crippen molar-refractivity contribution in [1.29, 1.82) is 0 Å². The van der Waals surface area contributed by atoms with Crippen LogP contribution in [-0.4, -0.2) is 22.6 Å². The number of nitrogens with zero attached hydrogens (tertiary/aromatic N) is 3. The first-order valence-electron chi connectivity index (χ1n) is 7.28. The number of aromatic nitrogens is 2. The zero-order valence-corrected chi connectivity index (χ0v) is 17.5. The maximum absolute atomic E-state index is 6.24. The van der Waals surface area contributed by atoms with Crippen molar-refractivity contribution in [2.24, 2.45) is 4.99 Å². The molecule has 0 bridgehead atoms. The smallest absolute Gasteiger partial charge is 0.223 e. The van der Waals surface area contributed by atoms with Crippen molar-refractivity contribution in [1.82, 2.24) is 20.8 Å². The molecule has 0 aliphatic heterocycles. The van der Waals surface area contributed by atoms with Gasteiger partial charge in [-0.15, -0.1) is 24.0 Å². The maximum Gasteiger partial charge on any atom is 0.223 e. The highest BCUT2D eigenvalue weighted by atomic mass is 127. The molecule has 2 rings (SSSR count). The van der Waals surface area contributed by atoms with Crippen molar-refractivity contribution in [3.63, 3.8) is 0 Å². The maximum atomic E-state index is 6.24. The number of rotatable bonds is 5. The highest BCUT2D eigenvalue weighted by Gasteiger charge is 2.12. The zero-order chi connectivity index (χ0) is 16.8. The minimum absolute atomic E-state index is 0. The van der Waals surface area contributed by atoms with Crippen LogP contribution in [0.5, 0.6) is 0 Å². The van der Waals surface area contributed by atoms with Gasteiger partial charge in [0.05, 0.1) is 6.04 Å². The van der Waals surface area contributed by atoms with E-state index in [4.69, 9.17) is 27.7 Å². The van der Waals surface area contributed by atoms with Gasteiger partial charge in [0.25, 0.3) is 0 Å². The molecule has 1 aromatic heterocycles. The lowest BCUT2D eigenvalue weighted by Crippen LogP contribution is -2.38. The molecule has 0 saturated heterocycles. The van der Waals surface area contributed by atoms with Crippen LogP contribution >= 0.6 is 47.2 Å². The molecule has 1 unspecified atom stereocenters. The standard InChI is InChI=1S/C15H19Cl2N5O.HI/c1-4-18-15(19-8-14-21-10(3)23-22-14)20-9(2)12-6-5-11(16)7-13(12)17;/h5-7,9H,4,8H2,1-3H3,(H2,18,19,20);1H. The van der Waals surface area contributed by atoms with Gasteiger partial charge >= 0.3 is 0 Å². The predicted octanol–water partition coefficient (Wildman–Crippen LogP) is 4.12. The van der Waals surface area contributed by atoms with Gasteiger partial charge in [-0.05, 0) is 31.5 Å². The topological polar surface area (TPSA) is 75.3 Å². The van der Waals surface area contributed by atoms with E-state index in [1.165, 1.54) is 0 Å². The molecule has 2 N–H and O–H groups in total. The van der Waals surface area contributed by atoms with Gasteiger partial charge in [0.1, 0.15) is 6.54 Å². The quantitative estimate of drug-likeness (QED) is 0.380. The van der Waals surface area contributed by atoms with Gasteiger partial charge < -0.3 is 15.2 Å². The predicted molar refractivity (Wildman–Crippen MR) is 107 cm³/mol. The molecule has 0 radical (unpaired) electrons. The molecule has 9 heteroatoms. The lowest BCUT2D eigenvalue weighted by molar-refractivity contribution is 0.387. The number of aryl methyl sites for hydroxylation is 1. The number of nitrogens with one attached hydrogen (secondary N) is 2. The second-order valence-corrected chi connectivity index (χ2v) is 5.80. The third-order valence-electron chi connectivity index (χ3n) is 3.07. The van der Waals surface area contributed by atoms with Crippen LogP contribution in [0.15, 0.2) is 27.7 Å². The number of benzene rings is 1. The number of hydrogen-bond donors (Lipinski definition) is 2. The third kappa shape index (κ3) is 6.10. The molecule has 0 saturated carbocycles. The molecule has 24 heavy (non-hydrogen) atoms. The molecule has 0 amide bonds. The van der Waals surface area contributed by atoms with E-state index in [2.05, 4.69) is 25.8 Å². The molecule has 1 heterocycles. The van der Waals surface area contributed by atoms with Crippen LogP contribution in [0.3, 0.4) is 0 Å². The minimum Gasteiger partial charge on any atom is -0.357 e. The highest BCUT2D eigenvalue weighted by molar-refractivity contribution is 14.0. The molecule has 1 aromatic carbocycles. The van der Waals surface area contributed by atoms with Crippen LogP contribution in [0.4, 0.5) is 0 Å². The average Bonchev–Trinajstić information content (AvgIpc) is 2.90. The summed E-state index contributed by atoms with van der Waals surface area (Å²) < 4.78 is 4.93. The molecule has 2 aromatic rings. The van der Waals surface area contributed by atoms with Crippen LogP contribution in [0.1, 0.15) is 37.2 Å². The molecule has 1 atom stereocenters. The normalized spacial score (nSPS) is 12.5. The van der Waals surface area contributed by atoms with Gasteiger partial charge in [-0.25, -0.2) is 4.99 Å². The van der Waals surface area contributed by atoms with E-state index in [1.54, 1.807) is 13.0 Å². The van der Waals surface area contributed by atoms with E-state index in [-0.39, 0.29) is 30.0 Å². The van der Waals surface area contributed by atoms with Gasteiger partial charge in [0.15, 0.2) is 11.8 Å². The monoisotopic (exact) mass is 483 g/mol. The van der Waals surface area contributed by atoms with Crippen molar-refractivity contribution in [3.8, 4) is 0 Å². The molecule has 0 aliphatic rings.